The fourth-order valence-corrected chi connectivity index (χ4v) is 2.54. The van der Waals surface area contributed by atoms with Crippen molar-refractivity contribution in [3.8, 4) is 0 Å². The minimum Gasteiger partial charge on any atom is -0.394 e. The number of rotatable bonds is 2. The molecule has 3 rings (SSSR count). The van der Waals surface area contributed by atoms with Gasteiger partial charge in [-0.1, -0.05) is 0 Å². The van der Waals surface area contributed by atoms with E-state index in [1.807, 2.05) is 0 Å². The van der Waals surface area contributed by atoms with E-state index in [1.54, 1.807) is 0 Å². The molecule has 0 spiro atoms. The van der Waals surface area contributed by atoms with Crippen molar-refractivity contribution in [2.24, 2.45) is 4.99 Å². The fraction of sp³-hybridized carbons (Fsp3) is 0.700. The number of hydrogen-bond acceptors (Lipinski definition) is 8. The molecule has 2 fully saturated rings. The van der Waals surface area contributed by atoms with Crippen molar-refractivity contribution in [3.05, 3.63) is 0 Å². The zero-order valence-corrected chi connectivity index (χ0v) is 10.2. The van der Waals surface area contributed by atoms with Gasteiger partial charge in [0, 0.05) is 0 Å². The predicted octanol–water partition coefficient (Wildman–Crippen LogP) is -3.70. The number of nitrogens with zero attached hydrogens (tertiary/aromatic N) is 2. The van der Waals surface area contributed by atoms with Crippen molar-refractivity contribution in [1.82, 2.24) is 15.5 Å². The van der Waals surface area contributed by atoms with Crippen LogP contribution in [-0.2, 0) is 9.53 Å². The number of carbonyl (C=O) groups is 2. The first kappa shape index (κ1) is 13.2. The van der Waals surface area contributed by atoms with Crippen molar-refractivity contribution < 1.29 is 29.6 Å². The van der Waals surface area contributed by atoms with Crippen molar-refractivity contribution in [1.29, 1.82) is 0 Å². The lowest BCUT2D eigenvalue weighted by Crippen LogP contribution is -2.65. The monoisotopic (exact) mass is 286 g/mol. The fourth-order valence-electron chi connectivity index (χ4n) is 2.54. The molecule has 0 aliphatic carbocycles. The number of nitrogens with one attached hydrogen (secondary N) is 2. The third kappa shape index (κ3) is 1.85. The van der Waals surface area contributed by atoms with Crippen molar-refractivity contribution in [3.63, 3.8) is 0 Å². The first-order valence-corrected chi connectivity index (χ1v) is 6.07. The Balaban J connectivity index is 1.80. The summed E-state index contributed by atoms with van der Waals surface area (Å²) in [6, 6.07) is -1.51. The summed E-state index contributed by atoms with van der Waals surface area (Å²) in [5, 5.41) is 33.3. The van der Waals surface area contributed by atoms with E-state index in [0.717, 1.165) is 0 Å². The van der Waals surface area contributed by atoms with Crippen LogP contribution in [0, 0.1) is 0 Å². The molecule has 3 aliphatic rings. The number of imide groups is 1. The van der Waals surface area contributed by atoms with Gasteiger partial charge in [0.25, 0.3) is 5.91 Å². The Bertz CT molecular complexity index is 471. The molecule has 10 heteroatoms. The number of aliphatic imine (C=N–C) groups is 1. The Labute approximate surface area is 113 Å². The lowest BCUT2D eigenvalue weighted by molar-refractivity contribution is -0.125. The number of hydrogen-bond donors (Lipinski definition) is 5. The van der Waals surface area contributed by atoms with Crippen LogP contribution in [0.15, 0.2) is 4.99 Å². The third-order valence-electron chi connectivity index (χ3n) is 3.58. The number of amides is 3. The number of carbonyl (C=O) groups excluding carboxylic acids is 2. The Morgan fingerprint density at radius 1 is 1.35 bits per heavy atom. The first-order chi connectivity index (χ1) is 9.52. The van der Waals surface area contributed by atoms with Gasteiger partial charge < -0.3 is 30.3 Å². The molecule has 0 aromatic rings. The van der Waals surface area contributed by atoms with Crippen LogP contribution in [0.2, 0.25) is 0 Å². The SMILES string of the molecule is O=C1NC(=O)C2N=CN([C@H]3O[C@@H](CO)[C@H](O)[C@@H]3O)C2N1. The smallest absolute Gasteiger partial charge is 0.323 e. The molecule has 3 aliphatic heterocycles. The van der Waals surface area contributed by atoms with Gasteiger partial charge in [-0.3, -0.25) is 15.1 Å². The van der Waals surface area contributed by atoms with Gasteiger partial charge in [0.2, 0.25) is 0 Å². The van der Waals surface area contributed by atoms with Crippen LogP contribution in [0.4, 0.5) is 4.79 Å². The third-order valence-corrected chi connectivity index (χ3v) is 3.58. The van der Waals surface area contributed by atoms with Crippen LogP contribution in [0.3, 0.4) is 0 Å². The molecule has 0 aromatic heterocycles. The summed E-state index contributed by atoms with van der Waals surface area (Å²) in [7, 11) is 0. The average Bonchev–Trinajstić information content (AvgIpc) is 2.93. The maximum atomic E-state index is 11.6. The molecule has 2 saturated heterocycles. The molecule has 6 atom stereocenters. The number of urea groups is 1. The Kier molecular flexibility index (Phi) is 3.09. The van der Waals surface area contributed by atoms with Crippen LogP contribution < -0.4 is 10.6 Å². The van der Waals surface area contributed by atoms with E-state index in [9.17, 15) is 19.8 Å². The summed E-state index contributed by atoms with van der Waals surface area (Å²) in [5.74, 6) is -0.552. The standard InChI is InChI=1S/C10H14N4O6/c15-1-3-5(16)6(17)9(20-3)14-2-11-4-7(14)12-10(19)13-8(4)18/h2-7,9,15-17H,1H2,(H2,12,13,18,19)/t3-,4?,5-,6-,7?,9-/m0/s1. The van der Waals surface area contributed by atoms with Crippen LogP contribution in [0.5, 0.6) is 0 Å². The maximum Gasteiger partial charge on any atom is 0.323 e. The summed E-state index contributed by atoms with van der Waals surface area (Å²) in [6.07, 6.45) is -4.01. The normalized spacial score (nSPS) is 43.5. The van der Waals surface area contributed by atoms with Crippen molar-refractivity contribution in [2.45, 2.75) is 36.7 Å². The molecule has 10 nitrogen and oxygen atoms in total. The van der Waals surface area contributed by atoms with E-state index in [0.29, 0.717) is 0 Å². The minimum absolute atomic E-state index is 0.458. The van der Waals surface area contributed by atoms with Gasteiger partial charge in [-0.2, -0.15) is 0 Å². The molecule has 20 heavy (non-hydrogen) atoms. The first-order valence-electron chi connectivity index (χ1n) is 6.07. The number of aliphatic hydroxyl groups is 3. The molecule has 0 bridgehead atoms. The molecule has 0 aromatic carbocycles. The van der Waals surface area contributed by atoms with Crippen LogP contribution in [0.25, 0.3) is 0 Å². The summed E-state index contributed by atoms with van der Waals surface area (Å²) in [5.41, 5.74) is 0. The van der Waals surface area contributed by atoms with Crippen LogP contribution >= 0.6 is 0 Å². The number of aliphatic hydroxyl groups excluding tert-OH is 3. The van der Waals surface area contributed by atoms with Gasteiger partial charge in [-0.05, 0) is 0 Å². The Morgan fingerprint density at radius 2 is 2.10 bits per heavy atom. The van der Waals surface area contributed by atoms with E-state index in [1.165, 1.54) is 11.2 Å². The van der Waals surface area contributed by atoms with E-state index < -0.39 is 55.3 Å². The Hall–Kier alpha value is -1.75. The number of fused-ring (bicyclic) bond motifs is 1. The molecular formula is C10H14N4O6. The van der Waals surface area contributed by atoms with Crippen molar-refractivity contribution in [2.75, 3.05) is 6.61 Å². The molecule has 3 heterocycles. The van der Waals surface area contributed by atoms with E-state index in [4.69, 9.17) is 9.84 Å². The van der Waals surface area contributed by atoms with Crippen LogP contribution in [-0.4, -0.2) is 81.9 Å². The van der Waals surface area contributed by atoms with E-state index in [-0.39, 0.29) is 0 Å². The second-order valence-corrected chi connectivity index (χ2v) is 4.79. The molecule has 3 amide bonds. The molecule has 0 radical (unpaired) electrons. The zero-order valence-electron chi connectivity index (χ0n) is 10.2. The number of ether oxygens (including phenoxy) is 1. The second kappa shape index (κ2) is 4.66. The van der Waals surface area contributed by atoms with Gasteiger partial charge in [-0.15, -0.1) is 0 Å². The Morgan fingerprint density at radius 3 is 2.75 bits per heavy atom. The molecule has 110 valence electrons. The highest BCUT2D eigenvalue weighted by atomic mass is 16.6. The molecule has 0 saturated carbocycles. The van der Waals surface area contributed by atoms with Crippen molar-refractivity contribution >= 4 is 18.3 Å². The van der Waals surface area contributed by atoms with E-state index in [2.05, 4.69) is 15.6 Å². The highest BCUT2D eigenvalue weighted by Crippen LogP contribution is 2.28. The van der Waals surface area contributed by atoms with Crippen LogP contribution in [0.1, 0.15) is 0 Å². The maximum absolute atomic E-state index is 11.6. The van der Waals surface area contributed by atoms with Gasteiger partial charge in [0.05, 0.1) is 12.9 Å². The highest BCUT2D eigenvalue weighted by Gasteiger charge is 2.51. The lowest BCUT2D eigenvalue weighted by atomic mass is 10.1. The summed E-state index contributed by atoms with van der Waals surface area (Å²) in [6.45, 7) is -0.458. The summed E-state index contributed by atoms with van der Waals surface area (Å²) >= 11 is 0. The topological polar surface area (TPSA) is 144 Å². The highest BCUT2D eigenvalue weighted by molar-refractivity contribution is 6.01. The lowest BCUT2D eigenvalue weighted by Gasteiger charge is -2.35. The minimum atomic E-state index is -1.29. The van der Waals surface area contributed by atoms with Gasteiger partial charge in [-0.25, -0.2) is 4.79 Å². The van der Waals surface area contributed by atoms with E-state index >= 15 is 0 Å². The van der Waals surface area contributed by atoms with Gasteiger partial charge in [0.15, 0.2) is 12.3 Å². The molecule has 2 unspecified atom stereocenters. The molecule has 5 N–H and O–H groups in total. The quantitative estimate of drug-likeness (QED) is 0.351. The molecular weight excluding hydrogens is 272 g/mol. The predicted molar refractivity (Wildman–Crippen MR) is 62.3 cm³/mol. The largest absolute Gasteiger partial charge is 0.394 e. The summed E-state index contributed by atoms with van der Waals surface area (Å²) < 4.78 is 5.34. The van der Waals surface area contributed by atoms with Gasteiger partial charge >= 0.3 is 6.03 Å². The van der Waals surface area contributed by atoms with Gasteiger partial charge in [0.1, 0.15) is 24.5 Å². The average molecular weight is 286 g/mol. The second-order valence-electron chi connectivity index (χ2n) is 4.79. The zero-order chi connectivity index (χ0) is 14.4. The summed E-state index contributed by atoms with van der Waals surface area (Å²) in [4.78, 5) is 28.2.